The topological polar surface area (TPSA) is 107 Å². The van der Waals surface area contributed by atoms with Crippen LogP contribution in [-0.4, -0.2) is 46.3 Å². The predicted octanol–water partition coefficient (Wildman–Crippen LogP) is 2.43. The van der Waals surface area contributed by atoms with Crippen LogP contribution in [0.2, 0.25) is 0 Å². The zero-order valence-electron chi connectivity index (χ0n) is 15.5. The van der Waals surface area contributed by atoms with Crippen LogP contribution < -0.4 is 11.0 Å². The Morgan fingerprint density at radius 3 is 2.62 bits per heavy atom. The van der Waals surface area contributed by atoms with Gasteiger partial charge in [-0.3, -0.25) is 25.8 Å². The fourth-order valence-corrected chi connectivity index (χ4v) is 2.78. The summed E-state index contributed by atoms with van der Waals surface area (Å²) in [4.78, 5) is 19.5. The highest BCUT2D eigenvalue weighted by atomic mass is 16.6. The van der Waals surface area contributed by atoms with E-state index in [0.717, 1.165) is 5.56 Å². The number of piperidine rings is 1. The largest absolute Gasteiger partial charge is 0.444 e. The zero-order chi connectivity index (χ0) is 19.2. The van der Waals surface area contributed by atoms with Crippen LogP contribution in [0.15, 0.2) is 30.3 Å². The van der Waals surface area contributed by atoms with E-state index in [0.29, 0.717) is 26.0 Å². The Morgan fingerprint density at radius 1 is 1.31 bits per heavy atom. The molecular weight excluding hydrogens is 336 g/mol. The fraction of sp³-hybridized carbons (Fsp3) is 0.556. The molecule has 0 unspecified atom stereocenters. The van der Waals surface area contributed by atoms with Crippen molar-refractivity contribution in [2.75, 3.05) is 6.54 Å². The van der Waals surface area contributed by atoms with Gasteiger partial charge in [0.15, 0.2) is 0 Å². The number of carbonyl (C=O) groups is 1. The average Bonchev–Trinajstić information content (AvgIpc) is 2.60. The molecule has 0 aliphatic carbocycles. The van der Waals surface area contributed by atoms with Crippen molar-refractivity contribution in [3.63, 3.8) is 0 Å². The molecule has 26 heavy (non-hydrogen) atoms. The van der Waals surface area contributed by atoms with Crippen molar-refractivity contribution >= 4 is 11.9 Å². The van der Waals surface area contributed by atoms with Gasteiger partial charge >= 0.3 is 6.09 Å². The Balaban J connectivity index is 1.94. The van der Waals surface area contributed by atoms with E-state index >= 15 is 0 Å². The first-order chi connectivity index (χ1) is 12.3. The van der Waals surface area contributed by atoms with Crippen molar-refractivity contribution in [3.8, 4) is 0 Å². The second kappa shape index (κ2) is 8.98. The number of rotatable bonds is 5. The maximum Gasteiger partial charge on any atom is 0.410 e. The van der Waals surface area contributed by atoms with E-state index in [1.165, 1.54) is 4.90 Å². The van der Waals surface area contributed by atoms with E-state index in [2.05, 4.69) is 5.48 Å². The average molecular weight is 364 g/mol. The summed E-state index contributed by atoms with van der Waals surface area (Å²) in [5, 5.41) is 16.9. The number of amidine groups is 1. The Labute approximate surface area is 153 Å². The molecule has 1 aromatic carbocycles. The second-order valence-electron chi connectivity index (χ2n) is 7.34. The zero-order valence-corrected chi connectivity index (χ0v) is 15.5. The van der Waals surface area contributed by atoms with Crippen LogP contribution in [0.3, 0.4) is 0 Å². The van der Waals surface area contributed by atoms with Gasteiger partial charge in [-0.15, -0.1) is 0 Å². The van der Waals surface area contributed by atoms with E-state index < -0.39 is 17.7 Å². The molecule has 1 fully saturated rings. The first-order valence-corrected chi connectivity index (χ1v) is 8.69. The minimum atomic E-state index is -0.638. The summed E-state index contributed by atoms with van der Waals surface area (Å²) in [5.41, 5.74) is 5.24. The summed E-state index contributed by atoms with van der Waals surface area (Å²) in [7, 11) is 0. The fourth-order valence-electron chi connectivity index (χ4n) is 2.78. The number of nitrogens with one attached hydrogen (secondary N) is 3. The number of nitrogens with zero attached hydrogens (tertiary/aromatic N) is 1. The number of hydroxylamine groups is 2. The Kier molecular flexibility index (Phi) is 6.96. The number of amides is 1. The molecule has 0 saturated carbocycles. The van der Waals surface area contributed by atoms with Gasteiger partial charge in [0.25, 0.3) is 0 Å². The number of ether oxygens (including phenoxy) is 1. The third kappa shape index (κ3) is 5.98. The first kappa shape index (κ1) is 20.2. The highest BCUT2D eigenvalue weighted by molar-refractivity contribution is 5.87. The van der Waals surface area contributed by atoms with Gasteiger partial charge in [0.05, 0.1) is 18.7 Å². The van der Waals surface area contributed by atoms with Crippen molar-refractivity contribution in [1.82, 2.24) is 15.9 Å². The van der Waals surface area contributed by atoms with Crippen LogP contribution >= 0.6 is 0 Å². The van der Waals surface area contributed by atoms with Gasteiger partial charge in [0.1, 0.15) is 11.4 Å². The Bertz CT molecular complexity index is 603. The first-order valence-electron chi connectivity index (χ1n) is 8.69. The molecular formula is C18H28N4O4. The number of likely N-dealkylation sites (tertiary alicyclic amines) is 1. The minimum absolute atomic E-state index is 0.0889. The van der Waals surface area contributed by atoms with Crippen LogP contribution in [0, 0.1) is 5.41 Å². The molecule has 0 spiro atoms. The molecule has 0 radical (unpaired) electrons. The quantitative estimate of drug-likeness (QED) is 0.363. The van der Waals surface area contributed by atoms with Gasteiger partial charge < -0.3 is 4.74 Å². The molecule has 1 amide bonds. The molecule has 2 rings (SSSR count). The molecule has 1 heterocycles. The van der Waals surface area contributed by atoms with Gasteiger partial charge in [-0.1, -0.05) is 30.3 Å². The van der Waals surface area contributed by atoms with Crippen LogP contribution in [0.5, 0.6) is 0 Å². The summed E-state index contributed by atoms with van der Waals surface area (Å²) in [6, 6.07) is 9.14. The maximum atomic E-state index is 12.5. The normalized spacial score (nSPS) is 20.5. The lowest BCUT2D eigenvalue weighted by Crippen LogP contribution is -2.58. The molecule has 1 aromatic rings. The predicted molar refractivity (Wildman–Crippen MR) is 96.8 cm³/mol. The molecule has 1 aliphatic heterocycles. The Morgan fingerprint density at radius 2 is 2.00 bits per heavy atom. The SMILES string of the molecule is CC(C)(C)OC(=O)N1C[C@H](NOCc2ccccc2)CC[C@H]1C(=N)NO. The lowest BCUT2D eigenvalue weighted by Gasteiger charge is -2.39. The number of hydrogen-bond donors (Lipinski definition) is 4. The number of hydrogen-bond acceptors (Lipinski definition) is 6. The van der Waals surface area contributed by atoms with Crippen molar-refractivity contribution in [1.29, 1.82) is 5.41 Å². The molecule has 4 N–H and O–H groups in total. The minimum Gasteiger partial charge on any atom is -0.444 e. The standard InChI is InChI=1S/C18H28N4O4/c1-18(2,3)26-17(23)22-11-14(9-10-15(22)16(19)20-24)21-25-12-13-7-5-4-6-8-13/h4-8,14-15,21,24H,9-12H2,1-3H3,(H2,19,20)/t14-,15+/m1/s1. The number of benzene rings is 1. The summed E-state index contributed by atoms with van der Waals surface area (Å²) >= 11 is 0. The molecule has 2 atom stereocenters. The molecule has 1 saturated heterocycles. The summed E-state index contributed by atoms with van der Waals surface area (Å²) in [5.74, 6) is -0.125. The van der Waals surface area contributed by atoms with Gasteiger partial charge in [-0.05, 0) is 39.2 Å². The van der Waals surface area contributed by atoms with E-state index in [1.807, 2.05) is 35.8 Å². The van der Waals surface area contributed by atoms with Gasteiger partial charge in [-0.25, -0.2) is 4.79 Å². The number of carbonyl (C=O) groups excluding carboxylic acids is 1. The summed E-state index contributed by atoms with van der Waals surface area (Å²) in [6.07, 6.45) is 0.693. The van der Waals surface area contributed by atoms with Crippen LogP contribution in [0.1, 0.15) is 39.2 Å². The monoisotopic (exact) mass is 364 g/mol. The molecule has 8 heteroatoms. The summed E-state index contributed by atoms with van der Waals surface area (Å²) < 4.78 is 5.44. The third-order valence-electron chi connectivity index (χ3n) is 4.00. The van der Waals surface area contributed by atoms with Crippen molar-refractivity contribution < 1.29 is 19.6 Å². The lowest BCUT2D eigenvalue weighted by molar-refractivity contribution is -0.0280. The smallest absolute Gasteiger partial charge is 0.410 e. The highest BCUT2D eigenvalue weighted by Gasteiger charge is 2.36. The van der Waals surface area contributed by atoms with E-state index in [4.69, 9.17) is 20.2 Å². The van der Waals surface area contributed by atoms with Gasteiger partial charge in [-0.2, -0.15) is 5.48 Å². The lowest BCUT2D eigenvalue weighted by atomic mass is 9.98. The van der Waals surface area contributed by atoms with Crippen molar-refractivity contribution in [2.45, 2.75) is 57.9 Å². The molecule has 144 valence electrons. The van der Waals surface area contributed by atoms with Crippen molar-refractivity contribution in [2.24, 2.45) is 0 Å². The van der Waals surface area contributed by atoms with Gasteiger partial charge in [0.2, 0.25) is 0 Å². The molecule has 8 nitrogen and oxygen atoms in total. The molecule has 0 aromatic heterocycles. The Hall–Kier alpha value is -2.16. The van der Waals surface area contributed by atoms with E-state index in [-0.39, 0.29) is 11.9 Å². The maximum absolute atomic E-state index is 12.5. The molecule has 1 aliphatic rings. The van der Waals surface area contributed by atoms with Crippen molar-refractivity contribution in [3.05, 3.63) is 35.9 Å². The highest BCUT2D eigenvalue weighted by Crippen LogP contribution is 2.21. The van der Waals surface area contributed by atoms with Crippen LogP contribution in [0.4, 0.5) is 4.79 Å². The summed E-state index contributed by atoms with van der Waals surface area (Å²) in [6.45, 7) is 6.11. The van der Waals surface area contributed by atoms with Crippen LogP contribution in [-0.2, 0) is 16.2 Å². The van der Waals surface area contributed by atoms with Crippen LogP contribution in [0.25, 0.3) is 0 Å². The van der Waals surface area contributed by atoms with Gasteiger partial charge in [0, 0.05) is 6.54 Å². The third-order valence-corrected chi connectivity index (χ3v) is 4.00. The van der Waals surface area contributed by atoms with E-state index in [1.54, 1.807) is 20.8 Å². The molecule has 0 bridgehead atoms. The second-order valence-corrected chi connectivity index (χ2v) is 7.34. The van der Waals surface area contributed by atoms with E-state index in [9.17, 15) is 4.79 Å².